The first-order valence-electron chi connectivity index (χ1n) is 11.0. The fourth-order valence-corrected chi connectivity index (χ4v) is 5.03. The standard InChI is InChI=1S/C20H27O2PS2.C6H6N2O/c1-13(2)17-9-7-15(5)11-19(17)21-23(24,25)22-20-12-16(6)8-10-18(20)14(3)4;7-6(9)5-2-1-3-8-4-5/h7-14H,1-6H3,(H,24,25);1-4H,(H2,7,9). The van der Waals surface area contributed by atoms with Gasteiger partial charge in [0.15, 0.2) is 0 Å². The molecule has 2 N–H and O–H groups in total. The van der Waals surface area contributed by atoms with Gasteiger partial charge in [0.05, 0.1) is 5.56 Å². The van der Waals surface area contributed by atoms with Crippen molar-refractivity contribution >= 4 is 35.7 Å². The van der Waals surface area contributed by atoms with Crippen molar-refractivity contribution in [3.05, 3.63) is 88.7 Å². The Hall–Kier alpha value is -2.34. The molecular formula is C26H33N2O3PS2. The lowest BCUT2D eigenvalue weighted by molar-refractivity contribution is 0.1000. The molecule has 0 fully saturated rings. The van der Waals surface area contributed by atoms with Crippen molar-refractivity contribution in [2.45, 2.75) is 53.4 Å². The minimum atomic E-state index is -2.78. The molecule has 0 unspecified atom stereocenters. The molecule has 1 aromatic heterocycles. The molecule has 34 heavy (non-hydrogen) atoms. The molecule has 0 bridgehead atoms. The molecular weight excluding hydrogens is 483 g/mol. The lowest BCUT2D eigenvalue weighted by Crippen LogP contribution is -2.10. The molecule has 3 aromatic rings. The first-order chi connectivity index (χ1) is 15.9. The van der Waals surface area contributed by atoms with Crippen LogP contribution in [0.1, 0.15) is 72.1 Å². The Morgan fingerprint density at radius 2 is 1.41 bits per heavy atom. The van der Waals surface area contributed by atoms with Crippen LogP contribution in [0.2, 0.25) is 0 Å². The fourth-order valence-electron chi connectivity index (χ4n) is 3.17. The Balaban J connectivity index is 0.000000379. The molecule has 5 nitrogen and oxygen atoms in total. The summed E-state index contributed by atoms with van der Waals surface area (Å²) in [6, 6.07) is 15.7. The number of carbonyl (C=O) groups is 1. The van der Waals surface area contributed by atoms with Crippen LogP contribution in [0, 0.1) is 13.8 Å². The molecule has 0 aliphatic carbocycles. The van der Waals surface area contributed by atoms with Crippen LogP contribution in [0.25, 0.3) is 0 Å². The Bertz CT molecular complexity index is 1100. The number of nitrogens with zero attached hydrogens (tertiary/aromatic N) is 1. The maximum atomic E-state index is 10.4. The Kier molecular flexibility index (Phi) is 10.2. The Morgan fingerprint density at radius 1 is 0.941 bits per heavy atom. The van der Waals surface area contributed by atoms with E-state index in [1.165, 1.54) is 6.20 Å². The summed E-state index contributed by atoms with van der Waals surface area (Å²) >= 11 is 10.2. The minimum absolute atomic E-state index is 0.337. The third-order valence-corrected chi connectivity index (χ3v) is 6.75. The third-order valence-electron chi connectivity index (χ3n) is 4.96. The molecule has 0 aliphatic heterocycles. The van der Waals surface area contributed by atoms with Crippen LogP contribution in [0.3, 0.4) is 0 Å². The summed E-state index contributed by atoms with van der Waals surface area (Å²) in [6.07, 6.45) is 3.02. The number of nitrogens with two attached hydrogens (primary N) is 1. The number of hydrogen-bond acceptors (Lipinski definition) is 5. The summed E-state index contributed by atoms with van der Waals surface area (Å²) in [4.78, 5) is 14.1. The highest BCUT2D eigenvalue weighted by atomic mass is 32.9. The average molecular weight is 517 g/mol. The van der Waals surface area contributed by atoms with Crippen LogP contribution in [0.4, 0.5) is 0 Å². The second-order valence-corrected chi connectivity index (χ2v) is 13.8. The van der Waals surface area contributed by atoms with Gasteiger partial charge in [-0.2, -0.15) is 0 Å². The monoisotopic (exact) mass is 516 g/mol. The van der Waals surface area contributed by atoms with Crippen molar-refractivity contribution in [1.82, 2.24) is 4.98 Å². The summed E-state index contributed by atoms with van der Waals surface area (Å²) in [5.41, 5.74) is 7.08. The van der Waals surface area contributed by atoms with Crippen LogP contribution in [0.15, 0.2) is 60.9 Å². The molecule has 0 spiro atoms. The predicted molar refractivity (Wildman–Crippen MR) is 148 cm³/mol. The molecule has 2 aromatic carbocycles. The Morgan fingerprint density at radius 3 is 1.74 bits per heavy atom. The largest absolute Gasteiger partial charge is 0.428 e. The predicted octanol–water partition coefficient (Wildman–Crippen LogP) is 7.34. The zero-order chi connectivity index (χ0) is 25.5. The van der Waals surface area contributed by atoms with Gasteiger partial charge in [0.2, 0.25) is 5.91 Å². The third kappa shape index (κ3) is 8.46. The maximum Gasteiger partial charge on any atom is 0.345 e. The molecule has 182 valence electrons. The summed E-state index contributed by atoms with van der Waals surface area (Å²) in [6.45, 7) is 12.6. The van der Waals surface area contributed by atoms with E-state index in [0.29, 0.717) is 17.4 Å². The number of aromatic nitrogens is 1. The SMILES string of the molecule is Cc1ccc(C(C)C)c(OP(=S)(S)Oc2cc(C)ccc2C(C)C)c1.NC(=O)c1cccnc1. The molecule has 0 aliphatic rings. The van der Waals surface area contributed by atoms with E-state index in [2.05, 4.69) is 69.2 Å². The van der Waals surface area contributed by atoms with Gasteiger partial charge in [-0.05, 0) is 84.0 Å². The van der Waals surface area contributed by atoms with Gasteiger partial charge in [-0.1, -0.05) is 64.2 Å². The molecule has 1 amide bonds. The van der Waals surface area contributed by atoms with Crippen molar-refractivity contribution in [2.75, 3.05) is 0 Å². The smallest absolute Gasteiger partial charge is 0.345 e. The number of rotatable bonds is 7. The fraction of sp³-hybridized carbons (Fsp3) is 0.308. The van der Waals surface area contributed by atoms with Crippen molar-refractivity contribution in [3.8, 4) is 11.5 Å². The molecule has 0 saturated carbocycles. The van der Waals surface area contributed by atoms with E-state index in [1.54, 1.807) is 18.3 Å². The van der Waals surface area contributed by atoms with Crippen LogP contribution in [0.5, 0.6) is 11.5 Å². The average Bonchev–Trinajstić information content (AvgIpc) is 2.73. The second kappa shape index (κ2) is 12.4. The number of thiol groups is 1. The highest BCUT2D eigenvalue weighted by molar-refractivity contribution is 8.60. The van der Waals surface area contributed by atoms with Gasteiger partial charge in [0.1, 0.15) is 11.5 Å². The lowest BCUT2D eigenvalue weighted by atomic mass is 10.0. The summed E-state index contributed by atoms with van der Waals surface area (Å²) in [5.74, 6) is 1.77. The van der Waals surface area contributed by atoms with E-state index in [-0.39, 0.29) is 0 Å². The number of carbonyl (C=O) groups excluding carboxylic acids is 1. The van der Waals surface area contributed by atoms with Crippen LogP contribution in [-0.4, -0.2) is 10.9 Å². The first-order valence-corrected chi connectivity index (χ1v) is 14.8. The normalized spacial score (nSPS) is 11.1. The highest BCUT2D eigenvalue weighted by Crippen LogP contribution is 2.55. The van der Waals surface area contributed by atoms with Crippen molar-refractivity contribution < 1.29 is 13.8 Å². The minimum Gasteiger partial charge on any atom is -0.428 e. The van der Waals surface area contributed by atoms with Crippen LogP contribution in [-0.2, 0) is 11.8 Å². The zero-order valence-electron chi connectivity index (χ0n) is 20.5. The van der Waals surface area contributed by atoms with E-state index in [9.17, 15) is 4.79 Å². The van der Waals surface area contributed by atoms with Gasteiger partial charge in [-0.25, -0.2) is 0 Å². The number of hydrogen-bond donors (Lipinski definition) is 2. The summed E-state index contributed by atoms with van der Waals surface area (Å²) in [7, 11) is 0. The van der Waals surface area contributed by atoms with E-state index in [0.717, 1.165) is 33.8 Å². The zero-order valence-corrected chi connectivity index (χ0v) is 23.1. The number of benzene rings is 2. The van der Waals surface area contributed by atoms with Gasteiger partial charge in [-0.15, -0.1) is 0 Å². The maximum absolute atomic E-state index is 10.4. The first kappa shape index (κ1) is 27.9. The van der Waals surface area contributed by atoms with E-state index in [4.69, 9.17) is 26.6 Å². The molecule has 8 heteroatoms. The summed E-state index contributed by atoms with van der Waals surface area (Å²) in [5, 5.41) is 0. The van der Waals surface area contributed by atoms with Crippen molar-refractivity contribution in [1.29, 1.82) is 0 Å². The Labute approximate surface area is 213 Å². The van der Waals surface area contributed by atoms with Gasteiger partial charge >= 0.3 is 5.69 Å². The quantitative estimate of drug-likeness (QED) is 0.254. The molecule has 1 heterocycles. The number of pyridine rings is 1. The molecule has 0 radical (unpaired) electrons. The second-order valence-electron chi connectivity index (χ2n) is 8.65. The van der Waals surface area contributed by atoms with Gasteiger partial charge in [0.25, 0.3) is 0 Å². The topological polar surface area (TPSA) is 74.4 Å². The number of aryl methyl sites for hydroxylation is 2. The van der Waals surface area contributed by atoms with Crippen molar-refractivity contribution in [3.63, 3.8) is 0 Å². The molecule has 0 atom stereocenters. The molecule has 3 rings (SSSR count). The van der Waals surface area contributed by atoms with Crippen molar-refractivity contribution in [2.24, 2.45) is 5.73 Å². The van der Waals surface area contributed by atoms with E-state index >= 15 is 0 Å². The highest BCUT2D eigenvalue weighted by Gasteiger charge is 2.22. The van der Waals surface area contributed by atoms with Gasteiger partial charge in [-0.3, -0.25) is 9.78 Å². The van der Waals surface area contributed by atoms with E-state index in [1.807, 2.05) is 26.0 Å². The van der Waals surface area contributed by atoms with Crippen LogP contribution < -0.4 is 14.8 Å². The summed E-state index contributed by atoms with van der Waals surface area (Å²) < 4.78 is 12.2. The molecule has 0 saturated heterocycles. The van der Waals surface area contributed by atoms with E-state index < -0.39 is 11.6 Å². The van der Waals surface area contributed by atoms with Gasteiger partial charge < -0.3 is 14.8 Å². The number of primary amides is 1. The lowest BCUT2D eigenvalue weighted by Gasteiger charge is -2.24. The van der Waals surface area contributed by atoms with Gasteiger partial charge in [0, 0.05) is 12.4 Å². The number of amides is 1. The van der Waals surface area contributed by atoms with Crippen LogP contribution >= 0.6 is 17.9 Å².